The molecule has 3 aliphatic rings. The number of non-ortho nitro benzene ring substituents is 1. The van der Waals surface area contributed by atoms with Crippen molar-refractivity contribution >= 4 is 11.7 Å². The van der Waals surface area contributed by atoms with Gasteiger partial charge >= 0.3 is 11.7 Å². The van der Waals surface area contributed by atoms with E-state index in [0.29, 0.717) is 24.1 Å². The molecular formula is C29H24N4O10. The van der Waals surface area contributed by atoms with Crippen LogP contribution in [0.1, 0.15) is 54.3 Å². The van der Waals surface area contributed by atoms with Gasteiger partial charge in [-0.1, -0.05) is 12.1 Å². The molecule has 14 nitrogen and oxygen atoms in total. The van der Waals surface area contributed by atoms with Crippen molar-refractivity contribution in [2.45, 2.75) is 56.0 Å². The van der Waals surface area contributed by atoms with Crippen molar-refractivity contribution in [1.82, 2.24) is 14.5 Å². The second kappa shape index (κ2) is 10.4. The largest absolute Gasteiger partial charge is 0.445 e. The summed E-state index contributed by atoms with van der Waals surface area (Å²) in [7, 11) is 0. The number of carbonyl (C=O) groups excluding carboxylic acids is 1. The maximum Gasteiger partial charge on any atom is 0.343 e. The van der Waals surface area contributed by atoms with Gasteiger partial charge in [-0.05, 0) is 37.1 Å². The molecule has 2 aromatic heterocycles. The van der Waals surface area contributed by atoms with Crippen molar-refractivity contribution in [3.05, 3.63) is 109 Å². The lowest BCUT2D eigenvalue weighted by Gasteiger charge is -2.26. The van der Waals surface area contributed by atoms with E-state index in [1.54, 1.807) is 24.3 Å². The Morgan fingerprint density at radius 3 is 2.53 bits per heavy atom. The van der Waals surface area contributed by atoms with Crippen LogP contribution in [0.25, 0.3) is 11.3 Å². The van der Waals surface area contributed by atoms with E-state index in [0.717, 1.165) is 12.8 Å². The number of nitro groups is 1. The zero-order chi connectivity index (χ0) is 29.7. The topological polar surface area (TPSA) is 178 Å². The Morgan fingerprint density at radius 1 is 1.05 bits per heavy atom. The van der Waals surface area contributed by atoms with Gasteiger partial charge in [-0.25, -0.2) is 14.6 Å². The zero-order valence-corrected chi connectivity index (χ0v) is 22.4. The number of carbonyl (C=O) groups is 1. The normalized spacial score (nSPS) is 23.8. The monoisotopic (exact) mass is 588 g/mol. The lowest BCUT2D eigenvalue weighted by atomic mass is 10.1. The van der Waals surface area contributed by atoms with E-state index in [-0.39, 0.29) is 22.9 Å². The number of aromatic amines is 1. The number of oxazole rings is 1. The summed E-state index contributed by atoms with van der Waals surface area (Å²) in [6.45, 7) is 0. The van der Waals surface area contributed by atoms with Gasteiger partial charge in [-0.15, -0.1) is 0 Å². The molecular weight excluding hydrogens is 564 g/mol. The average Bonchev–Trinajstić information content (AvgIpc) is 3.80. The molecule has 0 radical (unpaired) electrons. The Morgan fingerprint density at radius 2 is 1.79 bits per heavy atom. The number of esters is 1. The van der Waals surface area contributed by atoms with E-state index in [1.807, 2.05) is 0 Å². The predicted molar refractivity (Wildman–Crippen MR) is 145 cm³/mol. The van der Waals surface area contributed by atoms with E-state index in [9.17, 15) is 24.5 Å². The number of para-hydroxylation sites is 1. The number of nitrogens with zero attached hydrogens (tertiary/aromatic N) is 3. The van der Waals surface area contributed by atoms with Crippen molar-refractivity contribution in [2.75, 3.05) is 0 Å². The molecule has 220 valence electrons. The van der Waals surface area contributed by atoms with Gasteiger partial charge in [0.25, 0.3) is 11.2 Å². The highest BCUT2D eigenvalue weighted by atomic mass is 16.8. The van der Waals surface area contributed by atoms with Crippen molar-refractivity contribution in [2.24, 2.45) is 0 Å². The molecule has 3 fully saturated rings. The molecule has 4 atom stereocenters. The van der Waals surface area contributed by atoms with Gasteiger partial charge in [-0.3, -0.25) is 24.5 Å². The quantitative estimate of drug-likeness (QED) is 0.150. The smallest absolute Gasteiger partial charge is 0.343 e. The summed E-state index contributed by atoms with van der Waals surface area (Å²) < 4.78 is 31.8. The minimum Gasteiger partial charge on any atom is -0.445 e. The van der Waals surface area contributed by atoms with Crippen LogP contribution in [0, 0.1) is 10.1 Å². The highest BCUT2D eigenvalue weighted by Crippen LogP contribution is 2.53. The van der Waals surface area contributed by atoms with Gasteiger partial charge in [0.2, 0.25) is 5.89 Å². The number of nitrogens with one attached hydrogen (secondary N) is 1. The van der Waals surface area contributed by atoms with Crippen molar-refractivity contribution in [1.29, 1.82) is 0 Å². The second-order valence-corrected chi connectivity index (χ2v) is 10.5. The number of rotatable bonds is 6. The van der Waals surface area contributed by atoms with E-state index < -0.39 is 52.5 Å². The van der Waals surface area contributed by atoms with Crippen molar-refractivity contribution in [3.63, 3.8) is 0 Å². The Labute approximate surface area is 241 Å². The third kappa shape index (κ3) is 4.84. The lowest BCUT2D eigenvalue weighted by Crippen LogP contribution is -2.37. The summed E-state index contributed by atoms with van der Waals surface area (Å²) in [4.78, 5) is 54.4. The number of fused-ring (bicyclic) bond motifs is 1. The van der Waals surface area contributed by atoms with Gasteiger partial charge in [0.05, 0.1) is 10.5 Å². The van der Waals surface area contributed by atoms with Crippen LogP contribution >= 0.6 is 0 Å². The number of H-pyrrole nitrogens is 1. The summed E-state index contributed by atoms with van der Waals surface area (Å²) in [5, 5.41) is 10.9. The van der Waals surface area contributed by atoms with Crippen LogP contribution in [-0.4, -0.2) is 43.4 Å². The molecule has 1 N–H and O–H groups in total. The molecule has 0 unspecified atom stereocenters. The highest BCUT2D eigenvalue weighted by Gasteiger charge is 2.61. The maximum absolute atomic E-state index is 12.8. The molecule has 1 saturated carbocycles. The first kappa shape index (κ1) is 26.9. The molecule has 1 aliphatic carbocycles. The van der Waals surface area contributed by atoms with Crippen LogP contribution in [-0.2, 0) is 14.2 Å². The van der Waals surface area contributed by atoms with Gasteiger partial charge < -0.3 is 23.4 Å². The molecule has 2 aliphatic heterocycles. The van der Waals surface area contributed by atoms with Gasteiger partial charge in [0, 0.05) is 42.8 Å². The summed E-state index contributed by atoms with van der Waals surface area (Å²) in [6.07, 6.45) is 2.94. The predicted octanol–water partition coefficient (Wildman–Crippen LogP) is 3.64. The fourth-order valence-corrected chi connectivity index (χ4v) is 5.80. The molecule has 1 spiro atoms. The Kier molecular flexibility index (Phi) is 6.53. The third-order valence-corrected chi connectivity index (χ3v) is 7.83. The number of hydrogen-bond acceptors (Lipinski definition) is 11. The molecule has 7 rings (SSSR count). The molecule has 2 saturated heterocycles. The van der Waals surface area contributed by atoms with E-state index >= 15 is 0 Å². The molecule has 2 aromatic carbocycles. The van der Waals surface area contributed by atoms with Gasteiger partial charge in [0.1, 0.15) is 29.9 Å². The molecule has 14 heteroatoms. The molecule has 43 heavy (non-hydrogen) atoms. The van der Waals surface area contributed by atoms with Gasteiger partial charge in [-0.2, -0.15) is 0 Å². The Balaban J connectivity index is 1.17. The average molecular weight is 589 g/mol. The SMILES string of the molecule is O=C(Oc1ccccc1-c1coc([C@H]2O[C@@H](n3ccc(=O)[nH]c3=O)[C@@H]3OC4(CCCC4)O[C@@H]32)n1)c1ccc([N+](=O)[O-])cc1. The second-order valence-electron chi connectivity index (χ2n) is 10.5. The number of ether oxygens (including phenoxy) is 4. The molecule has 4 aromatic rings. The number of nitro benzene ring substituents is 1. The van der Waals surface area contributed by atoms with Crippen LogP contribution in [0.2, 0.25) is 0 Å². The molecule has 0 bridgehead atoms. The van der Waals surface area contributed by atoms with E-state index in [1.165, 1.54) is 47.4 Å². The van der Waals surface area contributed by atoms with Crippen LogP contribution in [0.5, 0.6) is 5.75 Å². The van der Waals surface area contributed by atoms with E-state index in [4.69, 9.17) is 23.4 Å². The summed E-state index contributed by atoms with van der Waals surface area (Å²) in [6, 6.07) is 13.0. The standard InChI is InChI=1S/C29H24N4O10/c34-21-11-14-32(28(36)31-21)26-24-22(42-29(43-24)12-3-4-13-29)23(41-26)25-30-19(15-39-25)18-5-1-2-6-20(18)40-27(35)16-7-9-17(10-8-16)33(37)38/h1-2,5-11,14-15,22-24,26H,3-4,12-13H2,(H,31,34,36)/t22-,23+,24-,26-/m1/s1. The van der Waals surface area contributed by atoms with Gasteiger partial charge in [0.15, 0.2) is 18.1 Å². The highest BCUT2D eigenvalue weighted by molar-refractivity contribution is 5.92. The number of hydrogen-bond donors (Lipinski definition) is 1. The summed E-state index contributed by atoms with van der Waals surface area (Å²) in [5.41, 5.74) is -0.396. The summed E-state index contributed by atoms with van der Waals surface area (Å²) >= 11 is 0. The fourth-order valence-electron chi connectivity index (χ4n) is 5.80. The first-order chi connectivity index (χ1) is 20.8. The summed E-state index contributed by atoms with van der Waals surface area (Å²) in [5.74, 6) is -1.14. The minimum atomic E-state index is -0.912. The fraction of sp³-hybridized carbons (Fsp3) is 0.310. The van der Waals surface area contributed by atoms with Crippen LogP contribution in [0.15, 0.2) is 81.1 Å². The first-order valence-corrected chi connectivity index (χ1v) is 13.6. The van der Waals surface area contributed by atoms with Crippen LogP contribution < -0.4 is 16.0 Å². The van der Waals surface area contributed by atoms with E-state index in [2.05, 4.69) is 9.97 Å². The minimum absolute atomic E-state index is 0.134. The molecule has 4 heterocycles. The first-order valence-electron chi connectivity index (χ1n) is 13.6. The maximum atomic E-state index is 12.8. The van der Waals surface area contributed by atoms with Crippen molar-refractivity contribution in [3.8, 4) is 17.0 Å². The van der Waals surface area contributed by atoms with Crippen LogP contribution in [0.4, 0.5) is 5.69 Å². The molecule has 0 amide bonds. The third-order valence-electron chi connectivity index (χ3n) is 7.83. The Bertz CT molecular complexity index is 1820. The number of benzene rings is 2. The van der Waals surface area contributed by atoms with Crippen LogP contribution in [0.3, 0.4) is 0 Å². The lowest BCUT2D eigenvalue weighted by molar-refractivity contribution is -0.384. The number of aromatic nitrogens is 3. The van der Waals surface area contributed by atoms with Crippen molar-refractivity contribution < 1.29 is 33.1 Å². The Hall–Kier alpha value is -4.92. The zero-order valence-electron chi connectivity index (χ0n) is 22.4.